The molecule has 3 aromatic carbocycles. The number of hydrogen-bond donors (Lipinski definition) is 2. The van der Waals surface area contributed by atoms with Gasteiger partial charge in [-0.3, -0.25) is 19.7 Å². The first-order valence-electron chi connectivity index (χ1n) is 16.4. The number of carboxylic acids is 1. The van der Waals surface area contributed by atoms with Crippen molar-refractivity contribution in [1.29, 1.82) is 0 Å². The summed E-state index contributed by atoms with van der Waals surface area (Å²) in [7, 11) is 0. The SMILES string of the molecule is CCc1cccc(CC)c1N1C(=O)C2C(c3cccc(Oc4cccc(C(F)(F)F)c4)c3)NC(CC3CCCCC3)(C(=O)O)C2C1=O. The van der Waals surface area contributed by atoms with Gasteiger partial charge in [0.25, 0.3) is 0 Å². The van der Waals surface area contributed by atoms with Crippen LogP contribution in [0, 0.1) is 17.8 Å². The van der Waals surface area contributed by atoms with Crippen molar-refractivity contribution in [2.24, 2.45) is 17.8 Å². The molecule has 3 fully saturated rings. The number of nitrogens with one attached hydrogen (secondary N) is 1. The third-order valence-corrected chi connectivity index (χ3v) is 10.2. The summed E-state index contributed by atoms with van der Waals surface area (Å²) in [6, 6.07) is 15.9. The van der Waals surface area contributed by atoms with Crippen LogP contribution >= 0.6 is 0 Å². The molecule has 0 aromatic heterocycles. The minimum atomic E-state index is -4.54. The van der Waals surface area contributed by atoms with Crippen molar-refractivity contribution >= 4 is 23.5 Å². The number of imide groups is 1. The Labute approximate surface area is 272 Å². The first-order valence-corrected chi connectivity index (χ1v) is 16.4. The highest BCUT2D eigenvalue weighted by atomic mass is 19.4. The van der Waals surface area contributed by atoms with Crippen LogP contribution in [0.25, 0.3) is 0 Å². The molecule has 3 aliphatic rings. The third-order valence-electron chi connectivity index (χ3n) is 10.2. The maximum atomic E-state index is 14.6. The number of hydrogen-bond acceptors (Lipinski definition) is 5. The third kappa shape index (κ3) is 5.92. The lowest BCUT2D eigenvalue weighted by molar-refractivity contribution is -0.150. The highest BCUT2D eigenvalue weighted by Gasteiger charge is 2.69. The van der Waals surface area contributed by atoms with Crippen molar-refractivity contribution in [1.82, 2.24) is 5.32 Å². The van der Waals surface area contributed by atoms with Crippen molar-refractivity contribution in [3.8, 4) is 11.5 Å². The van der Waals surface area contributed by atoms with Crippen molar-refractivity contribution in [2.75, 3.05) is 4.90 Å². The maximum absolute atomic E-state index is 14.6. The quantitative estimate of drug-likeness (QED) is 0.229. The number of carbonyl (C=O) groups excluding carboxylic acids is 2. The van der Waals surface area contributed by atoms with Gasteiger partial charge in [0.05, 0.1) is 23.1 Å². The molecule has 1 aliphatic carbocycles. The summed E-state index contributed by atoms with van der Waals surface area (Å²) < 4.78 is 45.9. The van der Waals surface area contributed by atoms with Crippen LogP contribution in [-0.2, 0) is 33.4 Å². The van der Waals surface area contributed by atoms with Crippen LogP contribution in [0.1, 0.15) is 80.7 Å². The number of fused-ring (bicyclic) bond motifs is 1. The summed E-state index contributed by atoms with van der Waals surface area (Å²) in [5.74, 6) is -4.02. The number of amides is 2. The molecule has 7 nitrogen and oxygen atoms in total. The standard InChI is InChI=1S/C37H39F3N2O5/c1-3-23-13-8-14-24(4-2)32(23)42-33(43)29-30(34(42)44)36(35(45)46,21-22-11-6-5-7-12-22)41-31(29)25-15-9-17-27(19-25)47-28-18-10-16-26(20-28)37(38,39)40/h8-10,13-20,22,29-31,41H,3-7,11-12,21H2,1-2H3,(H,45,46). The Hall–Kier alpha value is -4.18. The number of aryl methyl sites for hydroxylation is 2. The summed E-state index contributed by atoms with van der Waals surface area (Å²) in [4.78, 5) is 43.8. The Bertz CT molecular complexity index is 1660. The van der Waals surface area contributed by atoms with E-state index < -0.39 is 52.9 Å². The number of rotatable bonds is 9. The smallest absolute Gasteiger partial charge is 0.416 e. The van der Waals surface area contributed by atoms with E-state index in [2.05, 4.69) is 5.32 Å². The molecule has 4 atom stereocenters. The number of anilines is 1. The number of aliphatic carboxylic acids is 1. The average Bonchev–Trinajstić information content (AvgIpc) is 3.54. The van der Waals surface area contributed by atoms with E-state index >= 15 is 0 Å². The van der Waals surface area contributed by atoms with E-state index in [9.17, 15) is 32.7 Å². The van der Waals surface area contributed by atoms with Gasteiger partial charge < -0.3 is 9.84 Å². The second-order valence-electron chi connectivity index (χ2n) is 13.0. The van der Waals surface area contributed by atoms with Crippen LogP contribution in [0.3, 0.4) is 0 Å². The lowest BCUT2D eigenvalue weighted by atomic mass is 9.72. The van der Waals surface area contributed by atoms with E-state index in [1.807, 2.05) is 32.0 Å². The van der Waals surface area contributed by atoms with Crippen molar-refractivity contribution in [2.45, 2.75) is 83.0 Å². The van der Waals surface area contributed by atoms with Crippen LogP contribution in [0.15, 0.2) is 66.7 Å². The van der Waals surface area contributed by atoms with E-state index in [4.69, 9.17) is 4.74 Å². The normalized spacial score (nSPS) is 24.9. The van der Waals surface area contributed by atoms with E-state index in [0.29, 0.717) is 24.1 Å². The number of alkyl halides is 3. The molecule has 248 valence electrons. The molecule has 2 amide bonds. The topological polar surface area (TPSA) is 95.9 Å². The van der Waals surface area contributed by atoms with Crippen LogP contribution in [0.5, 0.6) is 11.5 Å². The highest BCUT2D eigenvalue weighted by molar-refractivity contribution is 6.25. The van der Waals surface area contributed by atoms with Crippen LogP contribution in [0.2, 0.25) is 0 Å². The zero-order chi connectivity index (χ0) is 33.5. The molecule has 0 spiro atoms. The Morgan fingerprint density at radius 2 is 1.53 bits per heavy atom. The summed E-state index contributed by atoms with van der Waals surface area (Å²) in [6.45, 7) is 3.91. The Balaban J connectivity index is 1.43. The Kier molecular flexibility index (Phi) is 8.91. The molecule has 3 aromatic rings. The van der Waals surface area contributed by atoms with Gasteiger partial charge in [-0.1, -0.05) is 82.3 Å². The molecule has 1 saturated carbocycles. The molecule has 47 heavy (non-hydrogen) atoms. The predicted molar refractivity (Wildman–Crippen MR) is 170 cm³/mol. The molecule has 4 unspecified atom stereocenters. The van der Waals surface area contributed by atoms with E-state index in [0.717, 1.165) is 55.4 Å². The van der Waals surface area contributed by atoms with Gasteiger partial charge in [-0.25, -0.2) is 4.90 Å². The van der Waals surface area contributed by atoms with Gasteiger partial charge in [0.2, 0.25) is 11.8 Å². The van der Waals surface area contributed by atoms with Crippen molar-refractivity contribution in [3.05, 3.63) is 89.0 Å². The number of ether oxygens (including phenoxy) is 1. The fourth-order valence-corrected chi connectivity index (χ4v) is 7.97. The summed E-state index contributed by atoms with van der Waals surface area (Å²) in [6.07, 6.45) is 1.58. The van der Waals surface area contributed by atoms with E-state index in [-0.39, 0.29) is 23.8 Å². The zero-order valence-electron chi connectivity index (χ0n) is 26.5. The molecule has 0 radical (unpaired) electrons. The van der Waals surface area contributed by atoms with Gasteiger partial charge >= 0.3 is 12.1 Å². The number of halogens is 3. The monoisotopic (exact) mass is 648 g/mol. The Morgan fingerprint density at radius 3 is 2.15 bits per heavy atom. The number of carbonyl (C=O) groups is 3. The molecule has 10 heteroatoms. The second-order valence-corrected chi connectivity index (χ2v) is 13.0. The van der Waals surface area contributed by atoms with E-state index in [1.54, 1.807) is 24.3 Å². The van der Waals surface area contributed by atoms with Gasteiger partial charge in [0, 0.05) is 6.04 Å². The maximum Gasteiger partial charge on any atom is 0.416 e. The van der Waals surface area contributed by atoms with Crippen molar-refractivity contribution in [3.63, 3.8) is 0 Å². The predicted octanol–water partition coefficient (Wildman–Crippen LogP) is 7.87. The molecule has 2 N–H and O–H groups in total. The summed E-state index contributed by atoms with van der Waals surface area (Å²) in [5, 5.41) is 14.3. The van der Waals surface area contributed by atoms with Gasteiger partial charge in [0.15, 0.2) is 0 Å². The highest BCUT2D eigenvalue weighted by Crippen LogP contribution is 2.53. The number of para-hydroxylation sites is 1. The van der Waals surface area contributed by atoms with Crippen LogP contribution < -0.4 is 15.0 Å². The zero-order valence-corrected chi connectivity index (χ0v) is 26.5. The lowest BCUT2D eigenvalue weighted by Gasteiger charge is -2.36. The minimum absolute atomic E-state index is 0.0204. The number of nitrogens with zero attached hydrogens (tertiary/aromatic N) is 1. The van der Waals surface area contributed by atoms with Crippen LogP contribution in [0.4, 0.5) is 18.9 Å². The largest absolute Gasteiger partial charge is 0.480 e. The van der Waals surface area contributed by atoms with Crippen molar-refractivity contribution < 1.29 is 37.4 Å². The fraction of sp³-hybridized carbons (Fsp3) is 0.432. The van der Waals surface area contributed by atoms with Gasteiger partial charge in [-0.05, 0) is 72.2 Å². The molecule has 2 aliphatic heterocycles. The molecule has 2 heterocycles. The molecular formula is C37H39F3N2O5. The van der Waals surface area contributed by atoms with Gasteiger partial charge in [0.1, 0.15) is 17.0 Å². The molecule has 6 rings (SSSR count). The van der Waals surface area contributed by atoms with Gasteiger partial charge in [-0.2, -0.15) is 13.2 Å². The van der Waals surface area contributed by atoms with Crippen LogP contribution in [-0.4, -0.2) is 28.4 Å². The lowest BCUT2D eigenvalue weighted by Crippen LogP contribution is -2.57. The first kappa shape index (κ1) is 32.7. The second kappa shape index (κ2) is 12.8. The minimum Gasteiger partial charge on any atom is -0.480 e. The Morgan fingerprint density at radius 1 is 0.915 bits per heavy atom. The first-order chi connectivity index (χ1) is 22.5. The number of carboxylic acid groups (broad SMARTS) is 1. The van der Waals surface area contributed by atoms with Gasteiger partial charge in [-0.15, -0.1) is 0 Å². The number of benzene rings is 3. The average molecular weight is 649 g/mol. The summed E-state index contributed by atoms with van der Waals surface area (Å²) in [5.41, 5.74) is 0.178. The summed E-state index contributed by atoms with van der Waals surface area (Å²) >= 11 is 0. The fourth-order valence-electron chi connectivity index (χ4n) is 7.97. The molecular weight excluding hydrogens is 609 g/mol. The van der Waals surface area contributed by atoms with E-state index in [1.165, 1.54) is 17.0 Å². The molecule has 2 saturated heterocycles. The molecule has 0 bridgehead atoms.